The number of benzene rings is 3. The molecule has 0 amide bonds. The Bertz CT molecular complexity index is 1230. The van der Waals surface area contributed by atoms with E-state index in [1.54, 1.807) is 24.3 Å². The van der Waals surface area contributed by atoms with Crippen molar-refractivity contribution in [3.63, 3.8) is 0 Å². The van der Waals surface area contributed by atoms with Crippen LogP contribution >= 0.6 is 0 Å². The van der Waals surface area contributed by atoms with E-state index in [-0.39, 0.29) is 17.3 Å². The van der Waals surface area contributed by atoms with E-state index in [0.717, 1.165) is 31.2 Å². The van der Waals surface area contributed by atoms with Gasteiger partial charge in [0, 0.05) is 11.6 Å². The lowest BCUT2D eigenvalue weighted by Crippen LogP contribution is -2.25. The summed E-state index contributed by atoms with van der Waals surface area (Å²) >= 11 is 0. The van der Waals surface area contributed by atoms with Crippen molar-refractivity contribution in [3.05, 3.63) is 83.2 Å². The summed E-state index contributed by atoms with van der Waals surface area (Å²) in [5.74, 6) is -3.49. The molecule has 0 N–H and O–H groups in total. The van der Waals surface area contributed by atoms with Gasteiger partial charge < -0.3 is 9.47 Å². The highest BCUT2D eigenvalue weighted by Crippen LogP contribution is 2.39. The molecule has 0 spiro atoms. The zero-order valence-electron chi connectivity index (χ0n) is 22.1. The Balaban J connectivity index is 1.36. The van der Waals surface area contributed by atoms with Gasteiger partial charge in [0.15, 0.2) is 11.6 Å². The fourth-order valence-electron chi connectivity index (χ4n) is 5.19. The number of halogens is 3. The average molecular weight is 525 g/mol. The maximum absolute atomic E-state index is 14.9. The van der Waals surface area contributed by atoms with Crippen LogP contribution in [-0.4, -0.2) is 12.6 Å². The zero-order chi connectivity index (χ0) is 27.1. The summed E-state index contributed by atoms with van der Waals surface area (Å²) in [5, 5.41) is 0. The lowest BCUT2D eigenvalue weighted by molar-refractivity contribution is -0.140. The number of unbranched alkanes of at least 4 members (excludes halogenated alkanes) is 2. The van der Waals surface area contributed by atoms with Crippen LogP contribution in [0.5, 0.6) is 11.5 Å². The quantitative estimate of drug-likeness (QED) is 0.151. The van der Waals surface area contributed by atoms with Crippen LogP contribution < -0.4 is 9.47 Å². The SMILES string of the molecule is CCCCCc1ccc(-c2ccc(OC(=O)C3CCC(c4ccc(OCC)cc4F)CC3)c(F)c2F)cc1. The number of carbonyl (C=O) groups is 1. The Labute approximate surface area is 223 Å². The van der Waals surface area contributed by atoms with E-state index in [9.17, 15) is 18.0 Å². The largest absolute Gasteiger partial charge is 0.494 e. The third-order valence-corrected chi connectivity index (χ3v) is 7.37. The molecule has 1 aliphatic rings. The minimum Gasteiger partial charge on any atom is -0.494 e. The first-order valence-electron chi connectivity index (χ1n) is 13.6. The summed E-state index contributed by atoms with van der Waals surface area (Å²) in [7, 11) is 0. The van der Waals surface area contributed by atoms with Crippen molar-refractivity contribution < 1.29 is 27.4 Å². The van der Waals surface area contributed by atoms with E-state index in [0.29, 0.717) is 49.2 Å². The number of esters is 1. The molecule has 202 valence electrons. The Morgan fingerprint density at radius 1 is 0.868 bits per heavy atom. The highest BCUT2D eigenvalue weighted by molar-refractivity contribution is 5.76. The highest BCUT2D eigenvalue weighted by atomic mass is 19.2. The molecular weight excluding hydrogens is 489 g/mol. The molecule has 1 fully saturated rings. The van der Waals surface area contributed by atoms with Crippen LogP contribution in [0.4, 0.5) is 13.2 Å². The molecule has 6 heteroatoms. The van der Waals surface area contributed by atoms with Gasteiger partial charge in [0.25, 0.3) is 0 Å². The van der Waals surface area contributed by atoms with Crippen LogP contribution in [0.25, 0.3) is 11.1 Å². The maximum atomic E-state index is 14.9. The highest BCUT2D eigenvalue weighted by Gasteiger charge is 2.30. The zero-order valence-corrected chi connectivity index (χ0v) is 22.1. The third kappa shape index (κ3) is 6.58. The molecule has 0 saturated heterocycles. The summed E-state index contributed by atoms with van der Waals surface area (Å²) in [6, 6.07) is 15.1. The van der Waals surface area contributed by atoms with Gasteiger partial charge in [0.05, 0.1) is 12.5 Å². The molecule has 38 heavy (non-hydrogen) atoms. The summed E-state index contributed by atoms with van der Waals surface area (Å²) in [5.41, 5.74) is 2.46. The first-order valence-corrected chi connectivity index (χ1v) is 13.6. The van der Waals surface area contributed by atoms with Gasteiger partial charge in [-0.2, -0.15) is 4.39 Å². The van der Waals surface area contributed by atoms with Gasteiger partial charge in [0.1, 0.15) is 11.6 Å². The molecule has 0 heterocycles. The minimum absolute atomic E-state index is 0.0128. The third-order valence-electron chi connectivity index (χ3n) is 7.37. The van der Waals surface area contributed by atoms with E-state index < -0.39 is 29.3 Å². The minimum atomic E-state index is -1.17. The van der Waals surface area contributed by atoms with Gasteiger partial charge in [-0.05, 0) is 86.3 Å². The number of hydrogen-bond acceptors (Lipinski definition) is 3. The van der Waals surface area contributed by atoms with Crippen molar-refractivity contribution >= 4 is 5.97 Å². The van der Waals surface area contributed by atoms with E-state index in [1.165, 1.54) is 18.2 Å². The Morgan fingerprint density at radius 2 is 1.61 bits per heavy atom. The van der Waals surface area contributed by atoms with Crippen LogP contribution in [0.15, 0.2) is 54.6 Å². The molecule has 0 radical (unpaired) electrons. The van der Waals surface area contributed by atoms with Gasteiger partial charge >= 0.3 is 5.97 Å². The van der Waals surface area contributed by atoms with Crippen molar-refractivity contribution in [2.45, 2.75) is 71.1 Å². The first-order chi connectivity index (χ1) is 18.4. The molecule has 3 aromatic rings. The predicted octanol–water partition coefficient (Wildman–Crippen LogP) is 8.78. The molecule has 0 aliphatic heterocycles. The summed E-state index contributed by atoms with van der Waals surface area (Å²) < 4.78 is 55.0. The Hall–Kier alpha value is -3.28. The molecule has 4 rings (SSSR count). The van der Waals surface area contributed by atoms with Crippen molar-refractivity contribution in [1.29, 1.82) is 0 Å². The van der Waals surface area contributed by atoms with Crippen molar-refractivity contribution in [1.82, 2.24) is 0 Å². The van der Waals surface area contributed by atoms with E-state index >= 15 is 0 Å². The second kappa shape index (κ2) is 13.0. The Morgan fingerprint density at radius 3 is 2.26 bits per heavy atom. The van der Waals surface area contributed by atoms with Crippen molar-refractivity contribution in [2.75, 3.05) is 6.61 Å². The molecular formula is C32H35F3O3. The number of hydrogen-bond donors (Lipinski definition) is 0. The van der Waals surface area contributed by atoms with Crippen molar-refractivity contribution in [3.8, 4) is 22.6 Å². The van der Waals surface area contributed by atoms with Crippen LogP contribution in [0.3, 0.4) is 0 Å². The van der Waals surface area contributed by atoms with Crippen LogP contribution in [0.1, 0.15) is 75.8 Å². The molecule has 0 aromatic heterocycles. The monoisotopic (exact) mass is 524 g/mol. The van der Waals surface area contributed by atoms with Gasteiger partial charge in [-0.15, -0.1) is 0 Å². The molecule has 3 nitrogen and oxygen atoms in total. The maximum Gasteiger partial charge on any atom is 0.314 e. The van der Waals surface area contributed by atoms with Crippen molar-refractivity contribution in [2.24, 2.45) is 5.92 Å². The number of rotatable bonds is 10. The molecule has 1 saturated carbocycles. The van der Waals surface area contributed by atoms with E-state index in [4.69, 9.17) is 9.47 Å². The molecule has 3 aromatic carbocycles. The number of ether oxygens (including phenoxy) is 2. The van der Waals surface area contributed by atoms with E-state index in [2.05, 4.69) is 6.92 Å². The number of aryl methyl sites for hydroxylation is 1. The topological polar surface area (TPSA) is 35.5 Å². The van der Waals surface area contributed by atoms with Gasteiger partial charge in [-0.3, -0.25) is 4.79 Å². The summed E-state index contributed by atoms with van der Waals surface area (Å²) in [4.78, 5) is 12.8. The van der Waals surface area contributed by atoms with Crippen LogP contribution in [0, 0.1) is 23.4 Å². The first kappa shape index (κ1) is 27.7. The van der Waals surface area contributed by atoms with Gasteiger partial charge in [-0.25, -0.2) is 8.78 Å². The van der Waals surface area contributed by atoms with Crippen LogP contribution in [-0.2, 0) is 11.2 Å². The lowest BCUT2D eigenvalue weighted by atomic mass is 9.78. The average Bonchev–Trinajstić information content (AvgIpc) is 2.92. The summed E-state index contributed by atoms with van der Waals surface area (Å²) in [6.07, 6.45) is 6.54. The second-order valence-electron chi connectivity index (χ2n) is 9.98. The predicted molar refractivity (Wildman–Crippen MR) is 143 cm³/mol. The molecule has 0 atom stereocenters. The fourth-order valence-corrected chi connectivity index (χ4v) is 5.19. The molecule has 1 aliphatic carbocycles. The smallest absolute Gasteiger partial charge is 0.314 e. The fraction of sp³-hybridized carbons (Fsp3) is 0.406. The van der Waals surface area contributed by atoms with Crippen LogP contribution in [0.2, 0.25) is 0 Å². The lowest BCUT2D eigenvalue weighted by Gasteiger charge is -2.28. The van der Waals surface area contributed by atoms with Gasteiger partial charge in [-0.1, -0.05) is 50.1 Å². The van der Waals surface area contributed by atoms with Gasteiger partial charge in [0.2, 0.25) is 5.82 Å². The standard InChI is InChI=1S/C32H35F3O3/c1-3-5-6-7-21-8-10-23(11-9-21)27-18-19-29(31(35)30(27)34)38-32(36)24-14-12-22(13-15-24)26-17-16-25(37-4-2)20-28(26)33/h8-11,16-20,22,24H,3-7,12-15H2,1-2H3. The normalized spacial score (nSPS) is 17.3. The molecule has 0 bridgehead atoms. The second-order valence-corrected chi connectivity index (χ2v) is 9.98. The Kier molecular flexibility index (Phi) is 9.48. The van der Waals surface area contributed by atoms with E-state index in [1.807, 2.05) is 19.1 Å². The summed E-state index contributed by atoms with van der Waals surface area (Å²) in [6.45, 7) is 4.46. The molecule has 0 unspecified atom stereocenters. The number of carbonyl (C=O) groups excluding carboxylic acids is 1.